The van der Waals surface area contributed by atoms with E-state index >= 15 is 0 Å². The van der Waals surface area contributed by atoms with Crippen molar-refractivity contribution in [2.45, 2.75) is 31.6 Å². The third kappa shape index (κ3) is 5.04. The number of ketones is 1. The maximum absolute atomic E-state index is 12.8. The summed E-state index contributed by atoms with van der Waals surface area (Å²) >= 11 is 0. The molecule has 2 aromatic rings. The van der Waals surface area contributed by atoms with Crippen LogP contribution in [0.3, 0.4) is 0 Å². The molecule has 1 aliphatic heterocycles. The molecule has 0 atom stereocenters. The summed E-state index contributed by atoms with van der Waals surface area (Å²) in [6.45, 7) is 7.88. The molecule has 1 fully saturated rings. The molecule has 156 valence electrons. The van der Waals surface area contributed by atoms with E-state index in [1.165, 1.54) is 27.6 Å². The Bertz CT molecular complexity index is 980. The standard InChI is InChI=1S/C22H28N2O4S/c1-16(2)21-8-7-19(13-17(21)3)23-15-22(25)18-5-4-6-20(14-18)29(26,27)24-9-11-28-12-10-24/h4-8,13-14,16,23H,9-12,15H2,1-3H3. The van der Waals surface area contributed by atoms with E-state index in [0.717, 1.165) is 5.69 Å². The summed E-state index contributed by atoms with van der Waals surface area (Å²) in [4.78, 5) is 12.8. The summed E-state index contributed by atoms with van der Waals surface area (Å²) < 4.78 is 32.2. The van der Waals surface area contributed by atoms with Crippen molar-refractivity contribution in [3.05, 3.63) is 59.2 Å². The average Bonchev–Trinajstić information content (AvgIpc) is 2.72. The van der Waals surface area contributed by atoms with Crippen LogP contribution in [0.1, 0.15) is 41.3 Å². The van der Waals surface area contributed by atoms with Gasteiger partial charge in [-0.1, -0.05) is 32.0 Å². The SMILES string of the molecule is Cc1cc(NCC(=O)c2cccc(S(=O)(=O)N3CCOCC3)c2)ccc1C(C)C. The van der Waals surface area contributed by atoms with Crippen molar-refractivity contribution >= 4 is 21.5 Å². The quantitative estimate of drug-likeness (QED) is 0.700. The summed E-state index contributed by atoms with van der Waals surface area (Å²) in [5.74, 6) is 0.288. The van der Waals surface area contributed by atoms with E-state index < -0.39 is 10.0 Å². The molecule has 1 aliphatic rings. The zero-order valence-corrected chi connectivity index (χ0v) is 18.0. The van der Waals surface area contributed by atoms with Crippen LogP contribution in [0.2, 0.25) is 0 Å². The van der Waals surface area contributed by atoms with E-state index in [2.05, 4.69) is 32.2 Å². The first-order valence-electron chi connectivity index (χ1n) is 9.84. The number of hydrogen-bond donors (Lipinski definition) is 1. The summed E-state index contributed by atoms with van der Waals surface area (Å²) in [6.07, 6.45) is 0. The molecular weight excluding hydrogens is 388 g/mol. The molecule has 0 saturated carbocycles. The summed E-state index contributed by atoms with van der Waals surface area (Å²) in [6, 6.07) is 12.3. The van der Waals surface area contributed by atoms with Crippen LogP contribution in [-0.4, -0.2) is 51.4 Å². The predicted molar refractivity (Wildman–Crippen MR) is 114 cm³/mol. The Balaban J connectivity index is 1.70. The fourth-order valence-corrected chi connectivity index (χ4v) is 4.94. The summed E-state index contributed by atoms with van der Waals surface area (Å²) in [5, 5.41) is 3.15. The number of aryl methyl sites for hydroxylation is 1. The van der Waals surface area contributed by atoms with Gasteiger partial charge in [0.05, 0.1) is 24.7 Å². The third-order valence-electron chi connectivity index (χ3n) is 5.11. The van der Waals surface area contributed by atoms with Crippen molar-refractivity contribution in [3.8, 4) is 0 Å². The molecule has 0 spiro atoms. The van der Waals surface area contributed by atoms with Crippen LogP contribution in [0.15, 0.2) is 47.4 Å². The van der Waals surface area contributed by atoms with Crippen molar-refractivity contribution in [3.63, 3.8) is 0 Å². The highest BCUT2D eigenvalue weighted by Gasteiger charge is 2.26. The van der Waals surface area contributed by atoms with Gasteiger partial charge in [0.25, 0.3) is 0 Å². The number of rotatable bonds is 7. The minimum atomic E-state index is -3.62. The van der Waals surface area contributed by atoms with Gasteiger partial charge in [0.15, 0.2) is 5.78 Å². The number of carbonyl (C=O) groups excluding carboxylic acids is 1. The van der Waals surface area contributed by atoms with Gasteiger partial charge in [-0.3, -0.25) is 4.79 Å². The van der Waals surface area contributed by atoms with Crippen LogP contribution in [0.5, 0.6) is 0 Å². The fraction of sp³-hybridized carbons (Fsp3) is 0.409. The van der Waals surface area contributed by atoms with Crippen LogP contribution in [0, 0.1) is 6.92 Å². The van der Waals surface area contributed by atoms with Crippen molar-refractivity contribution in [2.75, 3.05) is 38.2 Å². The maximum atomic E-state index is 12.8. The van der Waals surface area contributed by atoms with Crippen molar-refractivity contribution in [2.24, 2.45) is 0 Å². The number of benzene rings is 2. The maximum Gasteiger partial charge on any atom is 0.243 e. The molecule has 1 saturated heterocycles. The lowest BCUT2D eigenvalue weighted by atomic mass is 9.97. The second-order valence-electron chi connectivity index (χ2n) is 7.55. The molecular formula is C22H28N2O4S. The Hall–Kier alpha value is -2.22. The Morgan fingerprint density at radius 1 is 1.14 bits per heavy atom. The number of anilines is 1. The smallest absolute Gasteiger partial charge is 0.243 e. The molecule has 29 heavy (non-hydrogen) atoms. The second-order valence-corrected chi connectivity index (χ2v) is 9.49. The Morgan fingerprint density at radius 3 is 2.52 bits per heavy atom. The van der Waals surface area contributed by atoms with Gasteiger partial charge in [0.2, 0.25) is 10.0 Å². The Labute approximate surface area is 172 Å². The predicted octanol–water partition coefficient (Wildman–Crippen LogP) is 3.43. The highest BCUT2D eigenvalue weighted by atomic mass is 32.2. The lowest BCUT2D eigenvalue weighted by Gasteiger charge is -2.26. The first-order valence-corrected chi connectivity index (χ1v) is 11.3. The average molecular weight is 417 g/mol. The van der Waals surface area contributed by atoms with Gasteiger partial charge >= 0.3 is 0 Å². The molecule has 0 aliphatic carbocycles. The van der Waals surface area contributed by atoms with Crippen molar-refractivity contribution in [1.82, 2.24) is 4.31 Å². The molecule has 1 heterocycles. The topological polar surface area (TPSA) is 75.7 Å². The molecule has 0 radical (unpaired) electrons. The van der Waals surface area contributed by atoms with Gasteiger partial charge in [0, 0.05) is 24.3 Å². The first-order chi connectivity index (χ1) is 13.8. The number of nitrogens with one attached hydrogen (secondary N) is 1. The molecule has 0 aromatic heterocycles. The number of morpholine rings is 1. The van der Waals surface area contributed by atoms with Crippen LogP contribution in [0.25, 0.3) is 0 Å². The zero-order valence-electron chi connectivity index (χ0n) is 17.1. The van der Waals surface area contributed by atoms with Crippen LogP contribution in [-0.2, 0) is 14.8 Å². The molecule has 0 unspecified atom stereocenters. The minimum Gasteiger partial charge on any atom is -0.379 e. The van der Waals surface area contributed by atoms with E-state index in [1.807, 2.05) is 12.1 Å². The molecule has 1 N–H and O–H groups in total. The number of nitrogens with zero attached hydrogens (tertiary/aromatic N) is 1. The highest BCUT2D eigenvalue weighted by molar-refractivity contribution is 7.89. The van der Waals surface area contributed by atoms with Crippen molar-refractivity contribution < 1.29 is 17.9 Å². The second kappa shape index (κ2) is 9.07. The number of sulfonamides is 1. The molecule has 7 heteroatoms. The van der Waals surface area contributed by atoms with E-state index in [0.29, 0.717) is 37.8 Å². The Kier molecular flexibility index (Phi) is 6.72. The molecule has 6 nitrogen and oxygen atoms in total. The summed E-state index contributed by atoms with van der Waals surface area (Å²) in [7, 11) is -3.62. The molecule has 3 rings (SSSR count). The van der Waals surface area contributed by atoms with Gasteiger partial charge in [-0.05, 0) is 48.2 Å². The van der Waals surface area contributed by atoms with Gasteiger partial charge in [-0.2, -0.15) is 4.31 Å². The minimum absolute atomic E-state index is 0.0987. The van der Waals surface area contributed by atoms with Crippen LogP contribution >= 0.6 is 0 Å². The Morgan fingerprint density at radius 2 is 1.86 bits per heavy atom. The number of carbonyl (C=O) groups is 1. The van der Waals surface area contributed by atoms with Crippen LogP contribution in [0.4, 0.5) is 5.69 Å². The first kappa shape index (κ1) is 21.5. The van der Waals surface area contributed by atoms with Crippen molar-refractivity contribution in [1.29, 1.82) is 0 Å². The van der Waals surface area contributed by atoms with Gasteiger partial charge < -0.3 is 10.1 Å². The number of hydrogen-bond acceptors (Lipinski definition) is 5. The fourth-order valence-electron chi connectivity index (χ4n) is 3.48. The van der Waals surface area contributed by atoms with E-state index in [9.17, 15) is 13.2 Å². The highest BCUT2D eigenvalue weighted by Crippen LogP contribution is 2.23. The largest absolute Gasteiger partial charge is 0.379 e. The normalized spacial score (nSPS) is 15.4. The lowest BCUT2D eigenvalue weighted by molar-refractivity contribution is 0.0730. The zero-order chi connectivity index (χ0) is 21.0. The third-order valence-corrected chi connectivity index (χ3v) is 7.00. The van der Waals surface area contributed by atoms with Gasteiger partial charge in [0.1, 0.15) is 0 Å². The van der Waals surface area contributed by atoms with E-state index in [-0.39, 0.29) is 17.2 Å². The van der Waals surface area contributed by atoms with Crippen LogP contribution < -0.4 is 5.32 Å². The monoisotopic (exact) mass is 416 g/mol. The molecule has 0 amide bonds. The lowest BCUT2D eigenvalue weighted by Crippen LogP contribution is -2.40. The van der Waals surface area contributed by atoms with E-state index in [4.69, 9.17) is 4.74 Å². The van der Waals surface area contributed by atoms with E-state index in [1.54, 1.807) is 12.1 Å². The molecule has 0 bridgehead atoms. The van der Waals surface area contributed by atoms with Gasteiger partial charge in [-0.25, -0.2) is 8.42 Å². The molecule has 2 aromatic carbocycles. The number of Topliss-reactive ketones (excluding diaryl/α,β-unsaturated/α-hetero) is 1. The van der Waals surface area contributed by atoms with Gasteiger partial charge in [-0.15, -0.1) is 0 Å². The summed E-state index contributed by atoms with van der Waals surface area (Å²) in [5.41, 5.74) is 3.71. The number of ether oxygens (including phenoxy) is 1.